The highest BCUT2D eigenvalue weighted by Gasteiger charge is 2.06. The summed E-state index contributed by atoms with van der Waals surface area (Å²) in [4.78, 5) is 0. The minimum atomic E-state index is 0.0454. The maximum absolute atomic E-state index is 7.10. The predicted octanol–water partition coefficient (Wildman–Crippen LogP) is 1.37. The first-order chi connectivity index (χ1) is 5.07. The van der Waals surface area contributed by atoms with Gasteiger partial charge in [-0.25, -0.2) is 0 Å². The second-order valence-electron chi connectivity index (χ2n) is 2.91. The third-order valence-corrected chi connectivity index (χ3v) is 1.74. The van der Waals surface area contributed by atoms with Gasteiger partial charge in [-0.2, -0.15) is 0 Å². The Labute approximate surface area is 68.4 Å². The number of ether oxygens (including phenoxy) is 1. The molecule has 0 fully saturated rings. The van der Waals surface area contributed by atoms with E-state index in [-0.39, 0.29) is 17.9 Å². The van der Waals surface area contributed by atoms with Gasteiger partial charge in [-0.05, 0) is 13.3 Å². The van der Waals surface area contributed by atoms with Crippen molar-refractivity contribution in [3.63, 3.8) is 0 Å². The largest absolute Gasteiger partial charge is 0.387 e. The van der Waals surface area contributed by atoms with E-state index in [2.05, 4.69) is 6.92 Å². The van der Waals surface area contributed by atoms with Crippen molar-refractivity contribution in [2.24, 2.45) is 11.7 Å². The van der Waals surface area contributed by atoms with Crippen molar-refractivity contribution in [2.45, 2.75) is 33.3 Å². The molecule has 3 N–H and O–H groups in total. The van der Waals surface area contributed by atoms with E-state index in [1.165, 1.54) is 0 Å². The van der Waals surface area contributed by atoms with Crippen LogP contribution in [-0.2, 0) is 4.74 Å². The highest BCUT2D eigenvalue weighted by atomic mass is 16.5. The summed E-state index contributed by atoms with van der Waals surface area (Å²) >= 11 is 0. The van der Waals surface area contributed by atoms with Crippen LogP contribution >= 0.6 is 0 Å². The molecule has 0 aliphatic rings. The fourth-order valence-electron chi connectivity index (χ4n) is 0.516. The zero-order chi connectivity index (χ0) is 8.85. The molecule has 0 rings (SSSR count). The van der Waals surface area contributed by atoms with Gasteiger partial charge < -0.3 is 10.5 Å². The van der Waals surface area contributed by atoms with Crippen molar-refractivity contribution >= 4 is 5.84 Å². The van der Waals surface area contributed by atoms with E-state index in [4.69, 9.17) is 15.9 Å². The van der Waals surface area contributed by atoms with Gasteiger partial charge >= 0.3 is 0 Å². The molecule has 0 aromatic rings. The van der Waals surface area contributed by atoms with Crippen LogP contribution in [0.5, 0.6) is 0 Å². The lowest BCUT2D eigenvalue weighted by molar-refractivity contribution is 0.0535. The van der Waals surface area contributed by atoms with Gasteiger partial charge in [-0.15, -0.1) is 0 Å². The molecule has 3 nitrogen and oxygen atoms in total. The molecule has 0 aliphatic carbocycles. The fourth-order valence-corrected chi connectivity index (χ4v) is 0.516. The molecule has 0 amide bonds. The van der Waals surface area contributed by atoms with Gasteiger partial charge in [0.05, 0.1) is 18.5 Å². The molecular weight excluding hydrogens is 140 g/mol. The Morgan fingerprint density at radius 3 is 2.45 bits per heavy atom. The van der Waals surface area contributed by atoms with Crippen LogP contribution in [0.3, 0.4) is 0 Å². The van der Waals surface area contributed by atoms with Gasteiger partial charge in [0, 0.05) is 5.92 Å². The molecule has 0 radical (unpaired) electrons. The summed E-state index contributed by atoms with van der Waals surface area (Å²) < 4.78 is 5.39. The van der Waals surface area contributed by atoms with Gasteiger partial charge in [0.1, 0.15) is 0 Å². The third kappa shape index (κ3) is 4.79. The van der Waals surface area contributed by atoms with Crippen LogP contribution < -0.4 is 5.73 Å². The molecular formula is C8H18N2O. The van der Waals surface area contributed by atoms with E-state index >= 15 is 0 Å². The highest BCUT2D eigenvalue weighted by Crippen LogP contribution is 2.00. The molecule has 0 saturated carbocycles. The highest BCUT2D eigenvalue weighted by molar-refractivity contribution is 5.79. The summed E-state index contributed by atoms with van der Waals surface area (Å²) in [6.45, 7) is 6.55. The minimum absolute atomic E-state index is 0.0454. The quantitative estimate of drug-likeness (QED) is 0.469. The maximum Gasteiger partial charge on any atom is 0.0957 e. The number of hydrogen-bond acceptors (Lipinski definition) is 2. The summed E-state index contributed by atoms with van der Waals surface area (Å²) in [5.41, 5.74) is 5.27. The average molecular weight is 158 g/mol. The Morgan fingerprint density at radius 1 is 1.55 bits per heavy atom. The topological polar surface area (TPSA) is 59.1 Å². The van der Waals surface area contributed by atoms with Crippen LogP contribution in [0, 0.1) is 11.3 Å². The van der Waals surface area contributed by atoms with E-state index in [0.717, 1.165) is 6.42 Å². The first kappa shape index (κ1) is 10.4. The van der Waals surface area contributed by atoms with Crippen LogP contribution in [0.1, 0.15) is 27.2 Å². The first-order valence-corrected chi connectivity index (χ1v) is 4.03. The fraction of sp³-hybridized carbons (Fsp3) is 0.875. The van der Waals surface area contributed by atoms with E-state index in [9.17, 15) is 0 Å². The van der Waals surface area contributed by atoms with E-state index < -0.39 is 0 Å². The molecule has 0 saturated heterocycles. The Bertz CT molecular complexity index is 125. The Kier molecular flexibility index (Phi) is 4.86. The van der Waals surface area contributed by atoms with Crippen molar-refractivity contribution in [1.82, 2.24) is 0 Å². The Balaban J connectivity index is 3.45. The number of amidine groups is 1. The van der Waals surface area contributed by atoms with Crippen LogP contribution in [0.15, 0.2) is 0 Å². The summed E-state index contributed by atoms with van der Waals surface area (Å²) in [5.74, 6) is 0.248. The number of nitrogens with one attached hydrogen (secondary N) is 1. The van der Waals surface area contributed by atoms with Crippen molar-refractivity contribution in [3.8, 4) is 0 Å². The SMILES string of the molecule is CCC(C)OCC(C)C(=N)N. The van der Waals surface area contributed by atoms with Gasteiger partial charge in [-0.1, -0.05) is 13.8 Å². The molecule has 2 unspecified atom stereocenters. The molecule has 0 aromatic carbocycles. The van der Waals surface area contributed by atoms with Gasteiger partial charge in [0.2, 0.25) is 0 Å². The summed E-state index contributed by atoms with van der Waals surface area (Å²) in [7, 11) is 0. The average Bonchev–Trinajstić information content (AvgIpc) is 1.99. The number of nitrogens with two attached hydrogens (primary N) is 1. The minimum Gasteiger partial charge on any atom is -0.387 e. The molecule has 0 aromatic heterocycles. The van der Waals surface area contributed by atoms with Crippen molar-refractivity contribution in [2.75, 3.05) is 6.61 Å². The Morgan fingerprint density at radius 2 is 2.09 bits per heavy atom. The first-order valence-electron chi connectivity index (χ1n) is 4.03. The second-order valence-corrected chi connectivity index (χ2v) is 2.91. The Hall–Kier alpha value is -0.570. The molecule has 66 valence electrons. The molecule has 0 aliphatic heterocycles. The summed E-state index contributed by atoms with van der Waals surface area (Å²) in [6.07, 6.45) is 1.28. The lowest BCUT2D eigenvalue weighted by Gasteiger charge is -2.14. The third-order valence-electron chi connectivity index (χ3n) is 1.74. The molecule has 2 atom stereocenters. The van der Waals surface area contributed by atoms with E-state index in [0.29, 0.717) is 6.61 Å². The molecule has 3 heteroatoms. The standard InChI is InChI=1S/C8H18N2O/c1-4-7(3)11-5-6(2)8(9)10/h6-7H,4-5H2,1-3H3,(H3,9,10). The molecule has 11 heavy (non-hydrogen) atoms. The van der Waals surface area contributed by atoms with E-state index in [1.807, 2.05) is 13.8 Å². The molecule has 0 heterocycles. The summed E-state index contributed by atoms with van der Waals surface area (Å²) in [6, 6.07) is 0. The van der Waals surface area contributed by atoms with Crippen LogP contribution in [-0.4, -0.2) is 18.5 Å². The van der Waals surface area contributed by atoms with Crippen molar-refractivity contribution in [3.05, 3.63) is 0 Å². The van der Waals surface area contributed by atoms with E-state index in [1.54, 1.807) is 0 Å². The van der Waals surface area contributed by atoms with Crippen molar-refractivity contribution in [1.29, 1.82) is 5.41 Å². The molecule has 0 spiro atoms. The van der Waals surface area contributed by atoms with Gasteiger partial charge in [0.25, 0.3) is 0 Å². The maximum atomic E-state index is 7.10. The van der Waals surface area contributed by atoms with Crippen LogP contribution in [0.25, 0.3) is 0 Å². The summed E-state index contributed by atoms with van der Waals surface area (Å²) in [5, 5.41) is 7.10. The van der Waals surface area contributed by atoms with Crippen LogP contribution in [0.4, 0.5) is 0 Å². The monoisotopic (exact) mass is 158 g/mol. The predicted molar refractivity (Wildman–Crippen MR) is 46.8 cm³/mol. The van der Waals surface area contributed by atoms with Crippen LogP contribution in [0.2, 0.25) is 0 Å². The lowest BCUT2D eigenvalue weighted by Crippen LogP contribution is -2.25. The second kappa shape index (κ2) is 5.13. The lowest BCUT2D eigenvalue weighted by atomic mass is 10.2. The number of rotatable bonds is 5. The zero-order valence-electron chi connectivity index (χ0n) is 7.55. The smallest absolute Gasteiger partial charge is 0.0957 e. The van der Waals surface area contributed by atoms with Crippen molar-refractivity contribution < 1.29 is 4.74 Å². The zero-order valence-corrected chi connectivity index (χ0v) is 7.55. The number of hydrogen-bond donors (Lipinski definition) is 2. The molecule has 0 bridgehead atoms. The van der Waals surface area contributed by atoms with Gasteiger partial charge in [0.15, 0.2) is 0 Å². The van der Waals surface area contributed by atoms with Gasteiger partial charge in [-0.3, -0.25) is 5.41 Å². The normalized spacial score (nSPS) is 15.9.